The summed E-state index contributed by atoms with van der Waals surface area (Å²) >= 11 is 0. The minimum atomic E-state index is 0.487. The molecular formula is C19H32N2O. The smallest absolute Gasteiger partial charge is 0.123 e. The van der Waals surface area contributed by atoms with Crippen LogP contribution in [-0.4, -0.2) is 31.1 Å². The maximum atomic E-state index is 5.59. The Hall–Kier alpha value is -1.06. The normalized spacial score (nSPS) is 23.0. The molecule has 1 N–H and O–H groups in total. The fraction of sp³-hybridized carbons (Fsp3) is 0.684. The first-order valence-corrected chi connectivity index (χ1v) is 8.59. The van der Waals surface area contributed by atoms with Gasteiger partial charge in [0.2, 0.25) is 0 Å². The number of nitrogens with one attached hydrogen (secondary N) is 1. The van der Waals surface area contributed by atoms with E-state index in [1.807, 2.05) is 0 Å². The number of benzene rings is 1. The summed E-state index contributed by atoms with van der Waals surface area (Å²) < 4.78 is 5.59. The number of piperidine rings is 1. The highest BCUT2D eigenvalue weighted by Crippen LogP contribution is 2.25. The van der Waals surface area contributed by atoms with Crippen LogP contribution in [0.15, 0.2) is 18.2 Å². The van der Waals surface area contributed by atoms with E-state index in [4.69, 9.17) is 4.74 Å². The van der Waals surface area contributed by atoms with Gasteiger partial charge in [-0.1, -0.05) is 39.8 Å². The Bertz CT molecular complexity index is 463. The van der Waals surface area contributed by atoms with E-state index in [0.717, 1.165) is 30.7 Å². The minimum Gasteiger partial charge on any atom is -0.496 e. The Morgan fingerprint density at radius 1 is 1.23 bits per heavy atom. The van der Waals surface area contributed by atoms with Gasteiger partial charge in [-0.25, -0.2) is 0 Å². The van der Waals surface area contributed by atoms with Gasteiger partial charge in [-0.05, 0) is 29.9 Å². The molecule has 0 bridgehead atoms. The first-order chi connectivity index (χ1) is 10.5. The van der Waals surface area contributed by atoms with E-state index in [2.05, 4.69) is 56.1 Å². The zero-order valence-corrected chi connectivity index (χ0v) is 14.9. The quantitative estimate of drug-likeness (QED) is 0.868. The number of hydrogen-bond acceptors (Lipinski definition) is 3. The number of ether oxygens (including phenoxy) is 1. The number of hydrogen-bond donors (Lipinski definition) is 1. The Kier molecular flexibility index (Phi) is 6.27. The third-order valence-electron chi connectivity index (χ3n) is 4.40. The molecule has 22 heavy (non-hydrogen) atoms. The van der Waals surface area contributed by atoms with Crippen LogP contribution < -0.4 is 10.1 Å². The molecule has 3 nitrogen and oxygen atoms in total. The van der Waals surface area contributed by atoms with Crippen molar-refractivity contribution in [2.24, 2.45) is 11.8 Å². The van der Waals surface area contributed by atoms with E-state index in [1.54, 1.807) is 7.11 Å². The standard InChI is InChI=1S/C19H32N2O/c1-14(2)20-10-18-7-6-17(9-19(18)22-5)13-21-11-15(3)8-16(4)12-21/h6-7,9,14-16,20H,8,10-13H2,1-5H3. The molecule has 1 fully saturated rings. The van der Waals surface area contributed by atoms with E-state index in [-0.39, 0.29) is 0 Å². The summed E-state index contributed by atoms with van der Waals surface area (Å²) in [4.78, 5) is 2.58. The van der Waals surface area contributed by atoms with E-state index in [9.17, 15) is 0 Å². The van der Waals surface area contributed by atoms with Gasteiger partial charge in [0.1, 0.15) is 5.75 Å². The van der Waals surface area contributed by atoms with E-state index >= 15 is 0 Å². The van der Waals surface area contributed by atoms with Crippen LogP contribution in [0.5, 0.6) is 5.75 Å². The van der Waals surface area contributed by atoms with Gasteiger partial charge in [-0.2, -0.15) is 0 Å². The molecule has 3 heteroatoms. The lowest BCUT2D eigenvalue weighted by molar-refractivity contribution is 0.134. The van der Waals surface area contributed by atoms with Crippen LogP contribution >= 0.6 is 0 Å². The average molecular weight is 304 g/mol. The molecule has 0 aliphatic carbocycles. The van der Waals surface area contributed by atoms with Crippen LogP contribution in [0.2, 0.25) is 0 Å². The van der Waals surface area contributed by atoms with E-state index < -0.39 is 0 Å². The number of methoxy groups -OCH3 is 1. The fourth-order valence-electron chi connectivity index (χ4n) is 3.53. The van der Waals surface area contributed by atoms with Crippen molar-refractivity contribution in [3.63, 3.8) is 0 Å². The Labute approximate surface area is 136 Å². The highest BCUT2D eigenvalue weighted by Gasteiger charge is 2.21. The van der Waals surface area contributed by atoms with Crippen LogP contribution in [0.25, 0.3) is 0 Å². The average Bonchev–Trinajstić information content (AvgIpc) is 2.44. The third-order valence-corrected chi connectivity index (χ3v) is 4.40. The topological polar surface area (TPSA) is 24.5 Å². The number of likely N-dealkylation sites (tertiary alicyclic amines) is 1. The molecule has 124 valence electrons. The molecule has 2 rings (SSSR count). The lowest BCUT2D eigenvalue weighted by Gasteiger charge is -2.35. The molecule has 0 radical (unpaired) electrons. The Morgan fingerprint density at radius 2 is 1.91 bits per heavy atom. The van der Waals surface area contributed by atoms with Gasteiger partial charge in [0, 0.05) is 37.8 Å². The van der Waals surface area contributed by atoms with Crippen LogP contribution in [0.3, 0.4) is 0 Å². The van der Waals surface area contributed by atoms with Gasteiger partial charge in [0.25, 0.3) is 0 Å². The van der Waals surface area contributed by atoms with Gasteiger partial charge in [0.05, 0.1) is 7.11 Å². The summed E-state index contributed by atoms with van der Waals surface area (Å²) in [7, 11) is 1.77. The van der Waals surface area contributed by atoms with Gasteiger partial charge < -0.3 is 10.1 Å². The van der Waals surface area contributed by atoms with Crippen LogP contribution in [0.1, 0.15) is 45.2 Å². The molecule has 2 atom stereocenters. The number of rotatable bonds is 6. The summed E-state index contributed by atoms with van der Waals surface area (Å²) in [5, 5.41) is 3.46. The predicted octanol–water partition coefficient (Wildman–Crippen LogP) is 3.67. The molecule has 1 aromatic carbocycles. The lowest BCUT2D eigenvalue weighted by atomic mass is 9.91. The van der Waals surface area contributed by atoms with Gasteiger partial charge in [-0.15, -0.1) is 0 Å². The van der Waals surface area contributed by atoms with Crippen molar-refractivity contribution in [3.05, 3.63) is 29.3 Å². The highest BCUT2D eigenvalue weighted by atomic mass is 16.5. The number of nitrogens with zero attached hydrogens (tertiary/aromatic N) is 1. The maximum absolute atomic E-state index is 5.59. The molecule has 1 aliphatic heterocycles. The van der Waals surface area contributed by atoms with E-state index in [1.165, 1.54) is 30.6 Å². The fourth-order valence-corrected chi connectivity index (χ4v) is 3.53. The second-order valence-corrected chi connectivity index (χ2v) is 7.32. The molecular weight excluding hydrogens is 272 g/mol. The van der Waals surface area contributed by atoms with Crippen molar-refractivity contribution in [3.8, 4) is 5.75 Å². The predicted molar refractivity (Wildman–Crippen MR) is 93.2 cm³/mol. The largest absolute Gasteiger partial charge is 0.496 e. The molecule has 1 aromatic rings. The first-order valence-electron chi connectivity index (χ1n) is 8.59. The molecule has 1 saturated heterocycles. The molecule has 0 aromatic heterocycles. The minimum absolute atomic E-state index is 0.487. The maximum Gasteiger partial charge on any atom is 0.123 e. The van der Waals surface area contributed by atoms with Crippen LogP contribution in [0, 0.1) is 11.8 Å². The van der Waals surface area contributed by atoms with Crippen molar-refractivity contribution in [2.45, 2.75) is 53.2 Å². The van der Waals surface area contributed by atoms with Crippen molar-refractivity contribution < 1.29 is 4.74 Å². The van der Waals surface area contributed by atoms with Crippen molar-refractivity contribution in [1.82, 2.24) is 10.2 Å². The summed E-state index contributed by atoms with van der Waals surface area (Å²) in [5.74, 6) is 2.61. The Morgan fingerprint density at radius 3 is 2.50 bits per heavy atom. The third kappa shape index (κ3) is 4.99. The summed E-state index contributed by atoms with van der Waals surface area (Å²) in [5.41, 5.74) is 2.59. The zero-order valence-electron chi connectivity index (χ0n) is 14.9. The molecule has 1 aliphatic rings. The highest BCUT2D eigenvalue weighted by molar-refractivity contribution is 5.37. The van der Waals surface area contributed by atoms with Crippen molar-refractivity contribution in [1.29, 1.82) is 0 Å². The summed E-state index contributed by atoms with van der Waals surface area (Å²) in [6.45, 7) is 13.4. The molecule has 2 unspecified atom stereocenters. The van der Waals surface area contributed by atoms with Gasteiger partial charge >= 0.3 is 0 Å². The van der Waals surface area contributed by atoms with Gasteiger partial charge in [-0.3, -0.25) is 4.90 Å². The monoisotopic (exact) mass is 304 g/mol. The van der Waals surface area contributed by atoms with Gasteiger partial charge in [0.15, 0.2) is 0 Å². The van der Waals surface area contributed by atoms with Crippen molar-refractivity contribution >= 4 is 0 Å². The molecule has 0 spiro atoms. The van der Waals surface area contributed by atoms with Crippen LogP contribution in [-0.2, 0) is 13.1 Å². The SMILES string of the molecule is COc1cc(CN2CC(C)CC(C)C2)ccc1CNC(C)C. The second kappa shape index (κ2) is 7.98. The van der Waals surface area contributed by atoms with Crippen LogP contribution in [0.4, 0.5) is 0 Å². The summed E-state index contributed by atoms with van der Waals surface area (Å²) in [6.07, 6.45) is 1.36. The first kappa shape index (κ1) is 17.3. The Balaban J connectivity index is 2.02. The summed E-state index contributed by atoms with van der Waals surface area (Å²) in [6, 6.07) is 7.16. The van der Waals surface area contributed by atoms with Crippen molar-refractivity contribution in [2.75, 3.05) is 20.2 Å². The molecule has 1 heterocycles. The molecule has 0 saturated carbocycles. The van der Waals surface area contributed by atoms with E-state index in [0.29, 0.717) is 6.04 Å². The lowest BCUT2D eigenvalue weighted by Crippen LogP contribution is -2.38. The second-order valence-electron chi connectivity index (χ2n) is 7.32. The molecule has 0 amide bonds. The zero-order chi connectivity index (χ0) is 16.1.